The van der Waals surface area contributed by atoms with Crippen molar-refractivity contribution in [3.63, 3.8) is 0 Å². The number of hydrogen-bond donors (Lipinski definition) is 1. The number of piperidine rings is 1. The van der Waals surface area contributed by atoms with Crippen molar-refractivity contribution < 1.29 is 8.42 Å². The Balaban J connectivity index is 2.58. The molecule has 5 nitrogen and oxygen atoms in total. The maximum absolute atomic E-state index is 12.2. The van der Waals surface area contributed by atoms with Crippen molar-refractivity contribution in [2.75, 3.05) is 27.2 Å². The van der Waals surface area contributed by atoms with Crippen molar-refractivity contribution in [1.82, 2.24) is 13.9 Å². The summed E-state index contributed by atoms with van der Waals surface area (Å²) in [5.74, 6) is 0. The van der Waals surface area contributed by atoms with Crippen LogP contribution in [-0.4, -0.2) is 56.3 Å². The van der Waals surface area contributed by atoms with E-state index in [2.05, 4.69) is 5.32 Å². The maximum Gasteiger partial charge on any atom is 0.281 e. The SMILES string of the molecule is CC(C)N(C)S(=O)(=O)N(C)CC1CCCCN1. The molecular weight excluding hydrogens is 238 g/mol. The van der Waals surface area contributed by atoms with E-state index in [0.29, 0.717) is 12.6 Å². The molecule has 17 heavy (non-hydrogen) atoms. The van der Waals surface area contributed by atoms with Gasteiger partial charge >= 0.3 is 0 Å². The van der Waals surface area contributed by atoms with Crippen LogP contribution in [0.15, 0.2) is 0 Å². The zero-order valence-corrected chi connectivity index (χ0v) is 12.1. The molecule has 0 aliphatic carbocycles. The molecule has 1 heterocycles. The van der Waals surface area contributed by atoms with Gasteiger partial charge in [-0.2, -0.15) is 17.0 Å². The first kappa shape index (κ1) is 14.9. The highest BCUT2D eigenvalue weighted by molar-refractivity contribution is 7.86. The monoisotopic (exact) mass is 263 g/mol. The summed E-state index contributed by atoms with van der Waals surface area (Å²) in [6.45, 7) is 5.31. The molecular formula is C11H25N3O2S. The molecule has 0 spiro atoms. The second-order valence-electron chi connectivity index (χ2n) is 5.05. The molecule has 0 bridgehead atoms. The molecule has 0 aromatic heterocycles. The Bertz CT molecular complexity index is 324. The summed E-state index contributed by atoms with van der Waals surface area (Å²) in [5.41, 5.74) is 0. The minimum absolute atomic E-state index is 0.0123. The minimum atomic E-state index is -3.31. The van der Waals surface area contributed by atoms with Crippen molar-refractivity contribution in [1.29, 1.82) is 0 Å². The van der Waals surface area contributed by atoms with Crippen molar-refractivity contribution in [3.05, 3.63) is 0 Å². The summed E-state index contributed by atoms with van der Waals surface area (Å²) in [6, 6.07) is 0.283. The molecule has 0 amide bonds. The Labute approximate surface area is 105 Å². The molecule has 0 aromatic rings. The normalized spacial score (nSPS) is 22.6. The van der Waals surface area contributed by atoms with Gasteiger partial charge in [-0.25, -0.2) is 0 Å². The van der Waals surface area contributed by atoms with E-state index < -0.39 is 10.2 Å². The van der Waals surface area contributed by atoms with Gasteiger partial charge in [0, 0.05) is 32.7 Å². The Morgan fingerprint density at radius 2 is 1.94 bits per heavy atom. The van der Waals surface area contributed by atoms with Gasteiger partial charge in [0.05, 0.1) is 0 Å². The van der Waals surface area contributed by atoms with Crippen molar-refractivity contribution in [2.24, 2.45) is 0 Å². The van der Waals surface area contributed by atoms with E-state index in [4.69, 9.17) is 0 Å². The maximum atomic E-state index is 12.2. The van der Waals surface area contributed by atoms with Gasteiger partial charge in [-0.3, -0.25) is 0 Å². The second kappa shape index (κ2) is 6.13. The van der Waals surface area contributed by atoms with Crippen LogP contribution in [0.25, 0.3) is 0 Å². The number of likely N-dealkylation sites (N-methyl/N-ethyl adjacent to an activating group) is 1. The molecule has 1 aliphatic rings. The van der Waals surface area contributed by atoms with E-state index in [1.54, 1.807) is 14.1 Å². The van der Waals surface area contributed by atoms with Crippen LogP contribution in [0.2, 0.25) is 0 Å². The largest absolute Gasteiger partial charge is 0.313 e. The zero-order valence-electron chi connectivity index (χ0n) is 11.3. The summed E-state index contributed by atoms with van der Waals surface area (Å²) in [7, 11) is -0.0240. The Hall–Kier alpha value is -0.170. The van der Waals surface area contributed by atoms with Gasteiger partial charge in [0.2, 0.25) is 0 Å². The molecule has 0 radical (unpaired) electrons. The van der Waals surface area contributed by atoms with Crippen LogP contribution in [0.5, 0.6) is 0 Å². The Kier molecular flexibility index (Phi) is 5.37. The first-order valence-corrected chi connectivity index (χ1v) is 7.68. The standard InChI is InChI=1S/C11H25N3O2S/c1-10(2)14(4)17(15,16)13(3)9-11-7-5-6-8-12-11/h10-12H,5-9H2,1-4H3. The third kappa shape index (κ3) is 3.91. The van der Waals surface area contributed by atoms with Gasteiger partial charge in [-0.05, 0) is 33.2 Å². The van der Waals surface area contributed by atoms with E-state index in [0.717, 1.165) is 13.0 Å². The summed E-state index contributed by atoms with van der Waals surface area (Å²) >= 11 is 0. The highest BCUT2D eigenvalue weighted by atomic mass is 32.2. The highest BCUT2D eigenvalue weighted by Crippen LogP contribution is 2.12. The summed E-state index contributed by atoms with van der Waals surface area (Å²) in [4.78, 5) is 0. The van der Waals surface area contributed by atoms with Gasteiger partial charge in [-0.15, -0.1) is 0 Å². The van der Waals surface area contributed by atoms with Crippen LogP contribution in [-0.2, 0) is 10.2 Å². The number of nitrogens with zero attached hydrogens (tertiary/aromatic N) is 2. The lowest BCUT2D eigenvalue weighted by Crippen LogP contribution is -2.49. The molecule has 6 heteroatoms. The molecule has 0 saturated carbocycles. The fraction of sp³-hybridized carbons (Fsp3) is 1.00. The predicted octanol–water partition coefficient (Wildman–Crippen LogP) is 0.645. The van der Waals surface area contributed by atoms with Crippen LogP contribution in [0.4, 0.5) is 0 Å². The van der Waals surface area contributed by atoms with E-state index in [1.807, 2.05) is 13.8 Å². The van der Waals surface area contributed by atoms with Gasteiger partial charge < -0.3 is 5.32 Å². The fourth-order valence-corrected chi connectivity index (χ4v) is 3.31. The van der Waals surface area contributed by atoms with E-state index in [-0.39, 0.29) is 6.04 Å². The molecule has 1 unspecified atom stereocenters. The fourth-order valence-electron chi connectivity index (χ4n) is 1.97. The van der Waals surface area contributed by atoms with Crippen LogP contribution < -0.4 is 5.32 Å². The zero-order chi connectivity index (χ0) is 13.1. The predicted molar refractivity (Wildman–Crippen MR) is 70.1 cm³/mol. The number of hydrogen-bond acceptors (Lipinski definition) is 3. The molecule has 1 aliphatic heterocycles. The van der Waals surface area contributed by atoms with Gasteiger partial charge in [-0.1, -0.05) is 6.42 Å². The van der Waals surface area contributed by atoms with Crippen molar-refractivity contribution >= 4 is 10.2 Å². The summed E-state index contributed by atoms with van der Waals surface area (Å²) < 4.78 is 27.2. The summed E-state index contributed by atoms with van der Waals surface area (Å²) in [6.07, 6.45) is 3.44. The van der Waals surface area contributed by atoms with E-state index in [1.165, 1.54) is 21.5 Å². The molecule has 1 N–H and O–H groups in total. The Morgan fingerprint density at radius 1 is 1.29 bits per heavy atom. The van der Waals surface area contributed by atoms with Gasteiger partial charge in [0.25, 0.3) is 10.2 Å². The molecule has 1 rings (SSSR count). The number of rotatable bonds is 5. The van der Waals surface area contributed by atoms with Crippen molar-refractivity contribution in [3.8, 4) is 0 Å². The first-order chi connectivity index (χ1) is 7.85. The van der Waals surface area contributed by atoms with Crippen molar-refractivity contribution in [2.45, 2.75) is 45.2 Å². The second-order valence-corrected chi connectivity index (χ2v) is 7.14. The average molecular weight is 263 g/mol. The molecule has 102 valence electrons. The van der Waals surface area contributed by atoms with Crippen LogP contribution in [0, 0.1) is 0 Å². The minimum Gasteiger partial charge on any atom is -0.313 e. The lowest BCUT2D eigenvalue weighted by molar-refractivity contribution is 0.310. The smallest absolute Gasteiger partial charge is 0.281 e. The van der Waals surface area contributed by atoms with E-state index in [9.17, 15) is 8.42 Å². The quantitative estimate of drug-likeness (QED) is 0.792. The van der Waals surface area contributed by atoms with Crippen LogP contribution in [0.1, 0.15) is 33.1 Å². The topological polar surface area (TPSA) is 52.7 Å². The first-order valence-electron chi connectivity index (χ1n) is 6.28. The lowest BCUT2D eigenvalue weighted by atomic mass is 10.1. The molecule has 0 aromatic carbocycles. The third-order valence-corrected chi connectivity index (χ3v) is 5.46. The van der Waals surface area contributed by atoms with Gasteiger partial charge in [0.15, 0.2) is 0 Å². The highest BCUT2D eigenvalue weighted by Gasteiger charge is 2.27. The molecule has 1 saturated heterocycles. The van der Waals surface area contributed by atoms with Gasteiger partial charge in [0.1, 0.15) is 0 Å². The summed E-state index contributed by atoms with van der Waals surface area (Å²) in [5, 5.41) is 3.37. The average Bonchev–Trinajstić information content (AvgIpc) is 2.29. The molecule has 1 atom stereocenters. The third-order valence-electron chi connectivity index (χ3n) is 3.37. The molecule has 1 fully saturated rings. The van der Waals surface area contributed by atoms with Crippen LogP contribution >= 0.6 is 0 Å². The Morgan fingerprint density at radius 3 is 2.41 bits per heavy atom. The lowest BCUT2D eigenvalue weighted by Gasteiger charge is -2.31. The van der Waals surface area contributed by atoms with E-state index >= 15 is 0 Å². The van der Waals surface area contributed by atoms with Crippen LogP contribution in [0.3, 0.4) is 0 Å². The number of nitrogens with one attached hydrogen (secondary N) is 1.